The summed E-state index contributed by atoms with van der Waals surface area (Å²) in [7, 11) is 0. The van der Waals surface area contributed by atoms with Crippen molar-refractivity contribution in [3.63, 3.8) is 0 Å². The van der Waals surface area contributed by atoms with E-state index in [-0.39, 0.29) is 12.5 Å². The lowest BCUT2D eigenvalue weighted by molar-refractivity contribution is -0.120. The molecule has 0 aliphatic carbocycles. The van der Waals surface area contributed by atoms with E-state index in [9.17, 15) is 9.90 Å². The quantitative estimate of drug-likeness (QED) is 0.398. The molecule has 0 aromatic carbocycles. The molecule has 0 aromatic heterocycles. The molecule has 0 saturated heterocycles. The number of hydrogen-bond acceptors (Lipinski definition) is 3. The van der Waals surface area contributed by atoms with Crippen LogP contribution in [0.5, 0.6) is 0 Å². The molecule has 0 bridgehead atoms. The highest BCUT2D eigenvalue weighted by Gasteiger charge is 2.16. The van der Waals surface area contributed by atoms with Gasteiger partial charge in [0, 0.05) is 13.5 Å². The van der Waals surface area contributed by atoms with Crippen molar-refractivity contribution in [2.75, 3.05) is 6.61 Å². The molecular formula is C15H29NO3. The highest BCUT2D eigenvalue weighted by molar-refractivity contribution is 5.73. The Bertz CT molecular complexity index is 254. The third kappa shape index (κ3) is 10.7. The van der Waals surface area contributed by atoms with Crippen molar-refractivity contribution in [2.45, 2.75) is 70.9 Å². The molecule has 0 spiro atoms. The van der Waals surface area contributed by atoms with Crippen LogP contribution in [0.25, 0.3) is 0 Å². The van der Waals surface area contributed by atoms with Crippen molar-refractivity contribution in [1.29, 1.82) is 0 Å². The maximum absolute atomic E-state index is 11.0. The molecule has 3 N–H and O–H groups in total. The summed E-state index contributed by atoms with van der Waals surface area (Å²) in [5, 5.41) is 21.5. The second kappa shape index (κ2) is 12.2. The SMILES string of the molecule is CCCCCCC/C=C/[C@@H](O)[C@H](CCO)NC(C)=O. The van der Waals surface area contributed by atoms with Gasteiger partial charge in [-0.05, 0) is 19.3 Å². The van der Waals surface area contributed by atoms with Gasteiger partial charge in [-0.15, -0.1) is 0 Å². The zero-order valence-corrected chi connectivity index (χ0v) is 12.3. The fraction of sp³-hybridized carbons (Fsp3) is 0.800. The Hall–Kier alpha value is -0.870. The summed E-state index contributed by atoms with van der Waals surface area (Å²) >= 11 is 0. The minimum atomic E-state index is -0.730. The molecule has 112 valence electrons. The lowest BCUT2D eigenvalue weighted by Crippen LogP contribution is -2.42. The molecule has 2 atom stereocenters. The number of allylic oxidation sites excluding steroid dienone is 1. The molecule has 0 unspecified atom stereocenters. The zero-order chi connectivity index (χ0) is 14.5. The molecule has 0 heterocycles. The fourth-order valence-corrected chi connectivity index (χ4v) is 1.96. The molecule has 0 radical (unpaired) electrons. The van der Waals surface area contributed by atoms with Gasteiger partial charge in [0.05, 0.1) is 12.1 Å². The van der Waals surface area contributed by atoms with Crippen LogP contribution in [-0.4, -0.2) is 34.9 Å². The number of carbonyl (C=O) groups is 1. The number of rotatable bonds is 11. The van der Waals surface area contributed by atoms with Crippen LogP contribution in [0.15, 0.2) is 12.2 Å². The van der Waals surface area contributed by atoms with Gasteiger partial charge in [-0.2, -0.15) is 0 Å². The standard InChI is InChI=1S/C15H29NO3/c1-3-4-5-6-7-8-9-10-15(19)14(11-12-17)16-13(2)18/h9-10,14-15,17,19H,3-8,11-12H2,1-2H3,(H,16,18)/b10-9+/t14-,15+/m0/s1. The number of aliphatic hydroxyl groups excluding tert-OH is 2. The molecule has 0 aliphatic rings. The fourth-order valence-electron chi connectivity index (χ4n) is 1.96. The molecular weight excluding hydrogens is 242 g/mol. The van der Waals surface area contributed by atoms with Crippen molar-refractivity contribution in [2.24, 2.45) is 0 Å². The molecule has 1 amide bonds. The Labute approximate surface area is 116 Å². The predicted octanol–water partition coefficient (Wildman–Crippen LogP) is 2.15. The summed E-state index contributed by atoms with van der Waals surface area (Å²) in [5.41, 5.74) is 0. The van der Waals surface area contributed by atoms with Gasteiger partial charge in [0.25, 0.3) is 0 Å². The molecule has 0 aromatic rings. The third-order valence-electron chi connectivity index (χ3n) is 3.05. The van der Waals surface area contributed by atoms with Gasteiger partial charge < -0.3 is 15.5 Å². The number of carbonyl (C=O) groups excluding carboxylic acids is 1. The number of hydrogen-bond donors (Lipinski definition) is 3. The van der Waals surface area contributed by atoms with E-state index in [2.05, 4.69) is 12.2 Å². The minimum absolute atomic E-state index is 0.0487. The van der Waals surface area contributed by atoms with Crippen LogP contribution < -0.4 is 5.32 Å². The largest absolute Gasteiger partial charge is 0.396 e. The molecule has 4 heteroatoms. The van der Waals surface area contributed by atoms with E-state index < -0.39 is 12.1 Å². The third-order valence-corrected chi connectivity index (χ3v) is 3.05. The summed E-state index contributed by atoms with van der Waals surface area (Å²) in [6.45, 7) is 3.56. The van der Waals surface area contributed by atoms with E-state index in [4.69, 9.17) is 5.11 Å². The topological polar surface area (TPSA) is 69.6 Å². The molecule has 0 saturated carbocycles. The van der Waals surface area contributed by atoms with Gasteiger partial charge in [0.1, 0.15) is 0 Å². The van der Waals surface area contributed by atoms with Gasteiger partial charge in [-0.3, -0.25) is 4.79 Å². The van der Waals surface area contributed by atoms with Crippen molar-refractivity contribution >= 4 is 5.91 Å². The first kappa shape index (κ1) is 18.1. The average molecular weight is 271 g/mol. The molecule has 4 nitrogen and oxygen atoms in total. The maximum Gasteiger partial charge on any atom is 0.217 e. The van der Waals surface area contributed by atoms with E-state index in [1.54, 1.807) is 6.08 Å². The number of nitrogens with one attached hydrogen (secondary N) is 1. The van der Waals surface area contributed by atoms with E-state index in [1.807, 2.05) is 6.08 Å². The second-order valence-corrected chi connectivity index (χ2v) is 4.94. The first-order valence-corrected chi connectivity index (χ1v) is 7.34. The van der Waals surface area contributed by atoms with Gasteiger partial charge in [-0.25, -0.2) is 0 Å². The van der Waals surface area contributed by atoms with E-state index in [0.717, 1.165) is 12.8 Å². The van der Waals surface area contributed by atoms with Gasteiger partial charge >= 0.3 is 0 Å². The Kier molecular flexibility index (Phi) is 11.6. The minimum Gasteiger partial charge on any atom is -0.396 e. The Morgan fingerprint density at radius 3 is 2.53 bits per heavy atom. The van der Waals surface area contributed by atoms with Crippen molar-refractivity contribution in [3.8, 4) is 0 Å². The summed E-state index contributed by atoms with van der Waals surface area (Å²) in [6, 6.07) is -0.404. The summed E-state index contributed by atoms with van der Waals surface area (Å²) in [4.78, 5) is 11.0. The van der Waals surface area contributed by atoms with Gasteiger partial charge in [-0.1, -0.05) is 44.8 Å². The number of amides is 1. The van der Waals surface area contributed by atoms with E-state index in [1.165, 1.54) is 32.6 Å². The monoisotopic (exact) mass is 271 g/mol. The highest BCUT2D eigenvalue weighted by Crippen LogP contribution is 2.07. The molecule has 19 heavy (non-hydrogen) atoms. The van der Waals surface area contributed by atoms with Crippen LogP contribution in [0.1, 0.15) is 58.8 Å². The maximum atomic E-state index is 11.0. The van der Waals surface area contributed by atoms with Gasteiger partial charge in [0.2, 0.25) is 5.91 Å². The Morgan fingerprint density at radius 1 is 1.26 bits per heavy atom. The smallest absolute Gasteiger partial charge is 0.217 e. The van der Waals surface area contributed by atoms with Crippen molar-refractivity contribution in [3.05, 3.63) is 12.2 Å². The highest BCUT2D eigenvalue weighted by atomic mass is 16.3. The van der Waals surface area contributed by atoms with Crippen LogP contribution in [0, 0.1) is 0 Å². The Morgan fingerprint density at radius 2 is 1.95 bits per heavy atom. The molecule has 0 aliphatic heterocycles. The van der Waals surface area contributed by atoms with Crippen LogP contribution in [0.3, 0.4) is 0 Å². The van der Waals surface area contributed by atoms with Gasteiger partial charge in [0.15, 0.2) is 0 Å². The second-order valence-electron chi connectivity index (χ2n) is 4.94. The van der Waals surface area contributed by atoms with Crippen molar-refractivity contribution < 1.29 is 15.0 Å². The number of unbranched alkanes of at least 4 members (excludes halogenated alkanes) is 5. The summed E-state index contributed by atoms with van der Waals surface area (Å²) in [6.07, 6.45) is 10.4. The van der Waals surface area contributed by atoms with E-state index >= 15 is 0 Å². The normalized spacial score (nSPS) is 14.5. The van der Waals surface area contributed by atoms with E-state index in [0.29, 0.717) is 6.42 Å². The molecule has 0 rings (SSSR count). The zero-order valence-electron chi connectivity index (χ0n) is 12.3. The Balaban J connectivity index is 3.88. The first-order chi connectivity index (χ1) is 9.11. The number of aliphatic hydroxyl groups is 2. The van der Waals surface area contributed by atoms with Crippen LogP contribution in [0.4, 0.5) is 0 Å². The van der Waals surface area contributed by atoms with Crippen LogP contribution in [0.2, 0.25) is 0 Å². The van der Waals surface area contributed by atoms with Crippen molar-refractivity contribution in [1.82, 2.24) is 5.32 Å². The average Bonchev–Trinajstić information content (AvgIpc) is 2.36. The lowest BCUT2D eigenvalue weighted by atomic mass is 10.1. The van der Waals surface area contributed by atoms with Crippen LogP contribution in [-0.2, 0) is 4.79 Å². The predicted molar refractivity (Wildman–Crippen MR) is 77.8 cm³/mol. The summed E-state index contributed by atoms with van der Waals surface area (Å²) in [5.74, 6) is -0.189. The van der Waals surface area contributed by atoms with Crippen LogP contribution >= 0.6 is 0 Å². The first-order valence-electron chi connectivity index (χ1n) is 7.34. The summed E-state index contributed by atoms with van der Waals surface area (Å²) < 4.78 is 0. The lowest BCUT2D eigenvalue weighted by Gasteiger charge is -2.20. The molecule has 0 fully saturated rings.